The Labute approximate surface area is 147 Å². The number of aliphatic hydroxyl groups excluding tert-OH is 1. The predicted octanol–water partition coefficient (Wildman–Crippen LogP) is 2.50. The van der Waals surface area contributed by atoms with Crippen molar-refractivity contribution in [3.05, 3.63) is 71.7 Å². The number of hydrogen-bond donors (Lipinski definition) is 3. The van der Waals surface area contributed by atoms with Crippen LogP contribution in [0.2, 0.25) is 0 Å². The first-order valence-electron chi connectivity index (χ1n) is 8.62. The molecular formula is C20H24FN3O. The normalized spacial score (nSPS) is 11.3. The predicted molar refractivity (Wildman–Crippen MR) is 99.1 cm³/mol. The smallest absolute Gasteiger partial charge is 0.128 e. The summed E-state index contributed by atoms with van der Waals surface area (Å²) >= 11 is 0. The third-order valence-corrected chi connectivity index (χ3v) is 4.25. The number of para-hydroxylation sites is 1. The van der Waals surface area contributed by atoms with Gasteiger partial charge in [0.2, 0.25) is 0 Å². The fraction of sp³-hybridized carbons (Fsp3) is 0.300. The maximum atomic E-state index is 14.0. The van der Waals surface area contributed by atoms with E-state index in [1.54, 1.807) is 6.07 Å². The van der Waals surface area contributed by atoms with E-state index in [2.05, 4.69) is 33.5 Å². The summed E-state index contributed by atoms with van der Waals surface area (Å²) in [5, 5.41) is 16.5. The van der Waals surface area contributed by atoms with E-state index in [4.69, 9.17) is 5.11 Å². The van der Waals surface area contributed by atoms with E-state index in [0.717, 1.165) is 25.2 Å². The minimum atomic E-state index is -0.171. The van der Waals surface area contributed by atoms with Crippen molar-refractivity contribution < 1.29 is 9.50 Å². The molecule has 5 heteroatoms. The molecule has 132 valence electrons. The Morgan fingerprint density at radius 2 is 1.64 bits per heavy atom. The maximum absolute atomic E-state index is 14.0. The summed E-state index contributed by atoms with van der Waals surface area (Å²) in [6.07, 6.45) is 2.10. The van der Waals surface area contributed by atoms with Crippen molar-refractivity contribution >= 4 is 10.9 Å². The first-order valence-corrected chi connectivity index (χ1v) is 8.62. The number of hydrogen-bond acceptors (Lipinski definition) is 3. The van der Waals surface area contributed by atoms with Crippen LogP contribution in [0.5, 0.6) is 0 Å². The second kappa shape index (κ2) is 8.76. The van der Waals surface area contributed by atoms with Gasteiger partial charge in [-0.05, 0) is 17.7 Å². The van der Waals surface area contributed by atoms with Crippen molar-refractivity contribution in [1.82, 2.24) is 15.2 Å². The van der Waals surface area contributed by atoms with Crippen molar-refractivity contribution in [2.45, 2.75) is 13.1 Å². The lowest BCUT2D eigenvalue weighted by molar-refractivity contribution is 0.292. The van der Waals surface area contributed by atoms with E-state index < -0.39 is 0 Å². The van der Waals surface area contributed by atoms with Gasteiger partial charge in [-0.15, -0.1) is 0 Å². The number of halogens is 1. The van der Waals surface area contributed by atoms with Crippen LogP contribution in [0.1, 0.15) is 11.1 Å². The van der Waals surface area contributed by atoms with Gasteiger partial charge < -0.3 is 20.3 Å². The molecule has 0 fully saturated rings. The topological polar surface area (TPSA) is 49.2 Å². The third-order valence-electron chi connectivity index (χ3n) is 4.25. The maximum Gasteiger partial charge on any atom is 0.128 e. The molecule has 0 bridgehead atoms. The quantitative estimate of drug-likeness (QED) is 0.524. The van der Waals surface area contributed by atoms with Crippen LogP contribution in [-0.4, -0.2) is 35.9 Å². The van der Waals surface area contributed by atoms with E-state index >= 15 is 0 Å². The third kappa shape index (κ3) is 4.45. The second-order valence-corrected chi connectivity index (χ2v) is 6.04. The first-order chi connectivity index (χ1) is 12.3. The lowest BCUT2D eigenvalue weighted by atomic mass is 10.2. The van der Waals surface area contributed by atoms with Crippen LogP contribution < -0.4 is 10.6 Å². The van der Waals surface area contributed by atoms with E-state index in [9.17, 15) is 4.39 Å². The fourth-order valence-electron chi connectivity index (χ4n) is 3.01. The largest absolute Gasteiger partial charge is 0.395 e. The minimum Gasteiger partial charge on any atom is -0.395 e. The Morgan fingerprint density at radius 3 is 2.48 bits per heavy atom. The van der Waals surface area contributed by atoms with Gasteiger partial charge in [-0.1, -0.05) is 36.4 Å². The number of rotatable bonds is 9. The lowest BCUT2D eigenvalue weighted by Crippen LogP contribution is -2.28. The number of fused-ring (bicyclic) bond motifs is 1. The van der Waals surface area contributed by atoms with E-state index in [0.29, 0.717) is 18.7 Å². The molecule has 0 atom stereocenters. The van der Waals surface area contributed by atoms with Crippen LogP contribution in [0.15, 0.2) is 54.7 Å². The zero-order valence-corrected chi connectivity index (χ0v) is 14.2. The number of aromatic nitrogens is 1. The summed E-state index contributed by atoms with van der Waals surface area (Å²) in [5.41, 5.74) is 3.01. The number of benzene rings is 2. The Kier molecular flexibility index (Phi) is 6.17. The molecule has 0 amide bonds. The SMILES string of the molecule is OCCNCCNCc1cn(Cc2ccccc2F)c2ccccc12. The van der Waals surface area contributed by atoms with E-state index in [1.165, 1.54) is 17.0 Å². The molecule has 0 saturated heterocycles. The van der Waals surface area contributed by atoms with Gasteiger partial charge in [0.1, 0.15) is 5.82 Å². The Bertz CT molecular complexity index is 816. The van der Waals surface area contributed by atoms with Gasteiger partial charge in [0.05, 0.1) is 13.2 Å². The molecule has 0 unspecified atom stereocenters. The molecule has 0 aliphatic rings. The van der Waals surface area contributed by atoms with Crippen molar-refractivity contribution in [1.29, 1.82) is 0 Å². The van der Waals surface area contributed by atoms with Crippen molar-refractivity contribution in [2.75, 3.05) is 26.2 Å². The number of nitrogens with one attached hydrogen (secondary N) is 2. The van der Waals surface area contributed by atoms with E-state index in [-0.39, 0.29) is 12.4 Å². The molecule has 4 nitrogen and oxygen atoms in total. The van der Waals surface area contributed by atoms with Crippen molar-refractivity contribution in [3.8, 4) is 0 Å². The standard InChI is InChI=1S/C20H24FN3O/c21-19-7-3-1-5-16(19)14-24-15-17(13-23-10-9-22-11-12-25)18-6-2-4-8-20(18)24/h1-8,15,22-23,25H,9-14H2. The van der Waals surface area contributed by atoms with Gasteiger partial charge >= 0.3 is 0 Å². The summed E-state index contributed by atoms with van der Waals surface area (Å²) in [6.45, 7) is 3.69. The highest BCUT2D eigenvalue weighted by molar-refractivity contribution is 5.84. The van der Waals surface area contributed by atoms with Gasteiger partial charge in [-0.25, -0.2) is 4.39 Å². The summed E-state index contributed by atoms with van der Waals surface area (Å²) in [7, 11) is 0. The lowest BCUT2D eigenvalue weighted by Gasteiger charge is -2.06. The Balaban J connectivity index is 1.73. The van der Waals surface area contributed by atoms with Crippen LogP contribution in [0.4, 0.5) is 4.39 Å². The first kappa shape index (κ1) is 17.6. The molecule has 0 spiro atoms. The Morgan fingerprint density at radius 1 is 0.880 bits per heavy atom. The average molecular weight is 341 g/mol. The molecular weight excluding hydrogens is 317 g/mol. The van der Waals surface area contributed by atoms with Crippen LogP contribution in [-0.2, 0) is 13.1 Å². The monoisotopic (exact) mass is 341 g/mol. The summed E-state index contributed by atoms with van der Waals surface area (Å²) in [6, 6.07) is 15.1. The van der Waals surface area contributed by atoms with Crippen molar-refractivity contribution in [2.24, 2.45) is 0 Å². The highest BCUT2D eigenvalue weighted by Crippen LogP contribution is 2.23. The van der Waals surface area contributed by atoms with E-state index in [1.807, 2.05) is 24.3 Å². The van der Waals surface area contributed by atoms with Crippen LogP contribution in [0.3, 0.4) is 0 Å². The number of aliphatic hydroxyl groups is 1. The minimum absolute atomic E-state index is 0.156. The molecule has 1 heterocycles. The van der Waals surface area contributed by atoms with Crippen LogP contribution in [0, 0.1) is 5.82 Å². The fourth-order valence-corrected chi connectivity index (χ4v) is 3.01. The molecule has 0 saturated carbocycles. The van der Waals surface area contributed by atoms with Gasteiger partial charge in [0.25, 0.3) is 0 Å². The van der Waals surface area contributed by atoms with Crippen LogP contribution in [0.25, 0.3) is 10.9 Å². The van der Waals surface area contributed by atoms with Gasteiger partial charge in [-0.2, -0.15) is 0 Å². The summed E-state index contributed by atoms with van der Waals surface area (Å²) in [4.78, 5) is 0. The van der Waals surface area contributed by atoms with Gasteiger partial charge in [0.15, 0.2) is 0 Å². The molecule has 3 rings (SSSR count). The number of nitrogens with zero attached hydrogens (tertiary/aromatic N) is 1. The Hall–Kier alpha value is -2.21. The van der Waals surface area contributed by atoms with Crippen LogP contribution >= 0.6 is 0 Å². The summed E-state index contributed by atoms with van der Waals surface area (Å²) in [5.74, 6) is -0.171. The molecule has 0 radical (unpaired) electrons. The molecule has 25 heavy (non-hydrogen) atoms. The summed E-state index contributed by atoms with van der Waals surface area (Å²) < 4.78 is 16.1. The molecule has 3 aromatic rings. The molecule has 0 aliphatic carbocycles. The zero-order chi connectivity index (χ0) is 17.5. The van der Waals surface area contributed by atoms with Gasteiger partial charge in [0, 0.05) is 48.8 Å². The molecule has 1 aromatic heterocycles. The molecule has 0 aliphatic heterocycles. The van der Waals surface area contributed by atoms with Gasteiger partial charge in [-0.3, -0.25) is 0 Å². The van der Waals surface area contributed by atoms with Crippen molar-refractivity contribution in [3.63, 3.8) is 0 Å². The highest BCUT2D eigenvalue weighted by atomic mass is 19.1. The molecule has 3 N–H and O–H groups in total. The zero-order valence-electron chi connectivity index (χ0n) is 14.2. The highest BCUT2D eigenvalue weighted by Gasteiger charge is 2.09. The average Bonchev–Trinajstić information content (AvgIpc) is 2.98. The second-order valence-electron chi connectivity index (χ2n) is 6.04. The molecule has 2 aromatic carbocycles.